The van der Waals surface area contributed by atoms with Crippen molar-refractivity contribution >= 4 is 22.4 Å². The van der Waals surface area contributed by atoms with Gasteiger partial charge in [-0.3, -0.25) is 0 Å². The van der Waals surface area contributed by atoms with Crippen LogP contribution in [0.3, 0.4) is 0 Å². The number of nitrogens with zero attached hydrogens (tertiary/aromatic N) is 1. The van der Waals surface area contributed by atoms with Gasteiger partial charge in [-0.15, -0.1) is 12.4 Å². The summed E-state index contributed by atoms with van der Waals surface area (Å²) in [7, 11) is -3.40. The summed E-state index contributed by atoms with van der Waals surface area (Å²) in [4.78, 5) is 0.415. The Labute approximate surface area is 140 Å². The van der Waals surface area contributed by atoms with E-state index in [1.165, 1.54) is 5.56 Å². The van der Waals surface area contributed by atoms with Gasteiger partial charge in [0.05, 0.1) is 4.90 Å². The Morgan fingerprint density at radius 2 is 1.86 bits per heavy atom. The van der Waals surface area contributed by atoms with E-state index in [0.717, 1.165) is 24.8 Å². The van der Waals surface area contributed by atoms with Gasteiger partial charge in [-0.2, -0.15) is 4.31 Å². The highest BCUT2D eigenvalue weighted by molar-refractivity contribution is 7.89. The Morgan fingerprint density at radius 1 is 1.23 bits per heavy atom. The molecule has 0 bridgehead atoms. The molecule has 1 heterocycles. The molecule has 2 N–H and O–H groups in total. The summed E-state index contributed by atoms with van der Waals surface area (Å²) in [5.41, 5.74) is 8.03. The van der Waals surface area contributed by atoms with Crippen LogP contribution in [0.1, 0.15) is 38.3 Å². The maximum Gasteiger partial charge on any atom is 0.243 e. The van der Waals surface area contributed by atoms with Crippen molar-refractivity contribution in [2.75, 3.05) is 19.6 Å². The average Bonchev–Trinajstić information content (AvgIpc) is 2.90. The summed E-state index contributed by atoms with van der Waals surface area (Å²) < 4.78 is 27.2. The van der Waals surface area contributed by atoms with Crippen LogP contribution in [-0.2, 0) is 22.9 Å². The zero-order valence-electron chi connectivity index (χ0n) is 13.6. The molecular formula is C16H27ClN2O2S. The molecule has 1 fully saturated rings. The van der Waals surface area contributed by atoms with Gasteiger partial charge in [-0.1, -0.05) is 26.8 Å². The number of nitrogens with two attached hydrogens (primary N) is 1. The molecule has 1 aliphatic heterocycles. The molecule has 0 aliphatic carbocycles. The molecule has 4 nitrogen and oxygen atoms in total. The van der Waals surface area contributed by atoms with Crippen LogP contribution in [0.2, 0.25) is 0 Å². The number of aryl methyl sites for hydroxylation is 2. The summed E-state index contributed by atoms with van der Waals surface area (Å²) >= 11 is 0. The third kappa shape index (κ3) is 3.65. The molecule has 0 spiro atoms. The average molecular weight is 347 g/mol. The Hall–Kier alpha value is -0.620. The quantitative estimate of drug-likeness (QED) is 0.891. The zero-order valence-corrected chi connectivity index (χ0v) is 15.3. The number of halogens is 1. The van der Waals surface area contributed by atoms with Crippen molar-refractivity contribution in [2.45, 2.75) is 44.9 Å². The predicted molar refractivity (Wildman–Crippen MR) is 93.0 cm³/mol. The molecule has 1 saturated heterocycles. The first-order valence-electron chi connectivity index (χ1n) is 7.68. The fraction of sp³-hybridized carbons (Fsp3) is 0.625. The molecular weight excluding hydrogens is 320 g/mol. The second kappa shape index (κ2) is 7.30. The van der Waals surface area contributed by atoms with Crippen LogP contribution in [0.15, 0.2) is 23.1 Å². The van der Waals surface area contributed by atoms with E-state index in [4.69, 9.17) is 5.73 Å². The molecule has 22 heavy (non-hydrogen) atoms. The fourth-order valence-corrected chi connectivity index (χ4v) is 4.58. The maximum atomic E-state index is 12.8. The van der Waals surface area contributed by atoms with E-state index in [1.807, 2.05) is 12.1 Å². The molecule has 0 aromatic heterocycles. The van der Waals surface area contributed by atoms with Crippen molar-refractivity contribution in [1.82, 2.24) is 4.31 Å². The highest BCUT2D eigenvalue weighted by atomic mass is 35.5. The lowest BCUT2D eigenvalue weighted by Gasteiger charge is -2.22. The lowest BCUT2D eigenvalue weighted by atomic mass is 9.90. The van der Waals surface area contributed by atoms with Crippen LogP contribution in [0, 0.1) is 5.41 Å². The minimum Gasteiger partial charge on any atom is -0.330 e. The number of hydrogen-bond donors (Lipinski definition) is 1. The first kappa shape index (κ1) is 19.4. The Bertz CT molecular complexity index is 619. The fourth-order valence-electron chi connectivity index (χ4n) is 2.94. The van der Waals surface area contributed by atoms with Gasteiger partial charge < -0.3 is 5.73 Å². The molecule has 0 radical (unpaired) electrons. The van der Waals surface area contributed by atoms with Gasteiger partial charge in [0.2, 0.25) is 10.0 Å². The van der Waals surface area contributed by atoms with Crippen molar-refractivity contribution < 1.29 is 8.42 Å². The van der Waals surface area contributed by atoms with Crippen molar-refractivity contribution in [3.8, 4) is 0 Å². The molecule has 1 unspecified atom stereocenters. The van der Waals surface area contributed by atoms with E-state index in [2.05, 4.69) is 20.8 Å². The van der Waals surface area contributed by atoms with Crippen LogP contribution in [0.5, 0.6) is 0 Å². The van der Waals surface area contributed by atoms with Crippen LogP contribution in [0.4, 0.5) is 0 Å². The van der Waals surface area contributed by atoms with Gasteiger partial charge in [-0.05, 0) is 54.5 Å². The molecule has 1 atom stereocenters. The van der Waals surface area contributed by atoms with E-state index in [0.29, 0.717) is 24.5 Å². The van der Waals surface area contributed by atoms with E-state index in [1.54, 1.807) is 10.4 Å². The summed E-state index contributed by atoms with van der Waals surface area (Å²) in [5.74, 6) is 0. The molecule has 1 aliphatic rings. The molecule has 0 saturated carbocycles. The number of benzene rings is 1. The number of sulfonamides is 1. The van der Waals surface area contributed by atoms with Gasteiger partial charge in [-0.25, -0.2) is 8.42 Å². The second-order valence-corrected chi connectivity index (χ2v) is 8.18. The van der Waals surface area contributed by atoms with Gasteiger partial charge in [0.25, 0.3) is 0 Å². The Balaban J connectivity index is 0.00000242. The molecule has 1 aromatic rings. The lowest BCUT2D eigenvalue weighted by molar-refractivity contribution is 0.349. The van der Waals surface area contributed by atoms with Gasteiger partial charge in [0, 0.05) is 13.1 Å². The Morgan fingerprint density at radius 3 is 2.36 bits per heavy atom. The second-order valence-electron chi connectivity index (χ2n) is 6.24. The lowest BCUT2D eigenvalue weighted by Crippen LogP contribution is -2.34. The molecule has 126 valence electrons. The highest BCUT2D eigenvalue weighted by Gasteiger charge is 2.39. The molecule has 2 rings (SSSR count). The maximum absolute atomic E-state index is 12.8. The standard InChI is InChI=1S/C16H26N2O2S.ClH/c1-4-13-6-7-15(10-14(13)5-2)21(19,20)18-9-8-16(3,11-17)12-18;/h6-7,10H,4-5,8-9,11-12,17H2,1-3H3;1H. The van der Waals surface area contributed by atoms with E-state index >= 15 is 0 Å². The minimum atomic E-state index is -3.40. The first-order chi connectivity index (χ1) is 9.86. The van der Waals surface area contributed by atoms with Crippen LogP contribution >= 0.6 is 12.4 Å². The smallest absolute Gasteiger partial charge is 0.243 e. The van der Waals surface area contributed by atoms with Crippen LogP contribution in [0.25, 0.3) is 0 Å². The van der Waals surface area contributed by atoms with Crippen molar-refractivity contribution in [3.63, 3.8) is 0 Å². The van der Waals surface area contributed by atoms with Crippen LogP contribution in [-0.4, -0.2) is 32.4 Å². The SMILES string of the molecule is CCc1ccc(S(=O)(=O)N2CCC(C)(CN)C2)cc1CC.Cl. The number of hydrogen-bond acceptors (Lipinski definition) is 3. The highest BCUT2D eigenvalue weighted by Crippen LogP contribution is 2.33. The molecule has 0 amide bonds. The minimum absolute atomic E-state index is 0. The van der Waals surface area contributed by atoms with Gasteiger partial charge >= 0.3 is 0 Å². The topological polar surface area (TPSA) is 63.4 Å². The summed E-state index contributed by atoms with van der Waals surface area (Å²) in [6, 6.07) is 5.53. The van der Waals surface area contributed by atoms with E-state index in [-0.39, 0.29) is 17.8 Å². The number of rotatable bonds is 5. The first-order valence-corrected chi connectivity index (χ1v) is 9.12. The van der Waals surface area contributed by atoms with Crippen molar-refractivity contribution in [3.05, 3.63) is 29.3 Å². The monoisotopic (exact) mass is 346 g/mol. The predicted octanol–water partition coefficient (Wildman–Crippen LogP) is 2.59. The zero-order chi connectivity index (χ0) is 15.7. The van der Waals surface area contributed by atoms with Crippen molar-refractivity contribution in [1.29, 1.82) is 0 Å². The van der Waals surface area contributed by atoms with E-state index < -0.39 is 10.0 Å². The van der Waals surface area contributed by atoms with Crippen molar-refractivity contribution in [2.24, 2.45) is 11.1 Å². The third-order valence-electron chi connectivity index (χ3n) is 4.59. The van der Waals surface area contributed by atoms with Crippen LogP contribution < -0.4 is 5.73 Å². The molecule has 6 heteroatoms. The summed E-state index contributed by atoms with van der Waals surface area (Å²) in [5, 5.41) is 0. The summed E-state index contributed by atoms with van der Waals surface area (Å²) in [6.45, 7) is 7.81. The normalized spacial score (nSPS) is 22.5. The largest absolute Gasteiger partial charge is 0.330 e. The molecule has 1 aromatic carbocycles. The van der Waals surface area contributed by atoms with Gasteiger partial charge in [0.15, 0.2) is 0 Å². The van der Waals surface area contributed by atoms with Gasteiger partial charge in [0.1, 0.15) is 0 Å². The third-order valence-corrected chi connectivity index (χ3v) is 6.43. The Kier molecular flexibility index (Phi) is 6.45. The summed E-state index contributed by atoms with van der Waals surface area (Å²) in [6.07, 6.45) is 2.61. The van der Waals surface area contributed by atoms with E-state index in [9.17, 15) is 8.42 Å².